The largest absolute Gasteiger partial charge is 0.481 e. The van der Waals surface area contributed by atoms with Gasteiger partial charge in [0.2, 0.25) is 23.6 Å². The molecule has 364 valence electrons. The molecule has 1 aromatic rings. The topological polar surface area (TPSA) is 430 Å². The second-order valence-electron chi connectivity index (χ2n) is 14.4. The van der Waals surface area contributed by atoms with Crippen LogP contribution in [0.4, 0.5) is 4.79 Å². The van der Waals surface area contributed by atoms with Crippen LogP contribution in [-0.4, -0.2) is 152 Å². The van der Waals surface area contributed by atoms with Crippen LogP contribution < -0.4 is 37.6 Å². The number of nitrogens with two attached hydrogens (primary N) is 1. The molecule has 6 amide bonds. The summed E-state index contributed by atoms with van der Waals surface area (Å²) >= 11 is 3.79. The van der Waals surface area contributed by atoms with Crippen LogP contribution in [0.1, 0.15) is 69.8 Å². The number of benzene rings is 1. The van der Waals surface area contributed by atoms with Gasteiger partial charge in [0.1, 0.15) is 35.9 Å². The maximum absolute atomic E-state index is 13.5. The number of carboxylic acids is 5. The molecule has 13 N–H and O–H groups in total. The molecule has 1 aromatic carbocycles. The molecule has 1 rings (SSSR count). The van der Waals surface area contributed by atoms with Gasteiger partial charge in [0.15, 0.2) is 12.0 Å². The molecule has 0 bridgehead atoms. The minimum atomic E-state index is -2.06. The Morgan fingerprint density at radius 3 is 1.82 bits per heavy atom. The van der Waals surface area contributed by atoms with Crippen molar-refractivity contribution in [2.75, 3.05) is 12.3 Å². The van der Waals surface area contributed by atoms with Crippen LogP contribution in [0, 0.1) is 5.92 Å². The summed E-state index contributed by atoms with van der Waals surface area (Å²) in [5.74, 6) is -15.6. The standard InChI is InChI=1S/C39H53N7O19S/c40-23(34(56)43-26(16-32(53)54)35(57)44-27(18-66)38(62)63)17-41-33(55)22(36(58)59)15-28(49)25(14-20-6-2-1-3-7-20)42-29(50)9-5-4-8-21(48)10-11-24(37(60)61)45-39(64)46-30(65-19-47)12-13-31(51)52/h1-3,6-7,19,22-27,30,66H,4-5,8-18,40H2,(H,41,55)(H,42,50)(H,43,56)(H,44,57)(H,51,52)(H,53,54)(H,58,59)(H,60,61)(H,62,63)(H2,45,46,64)/t22-,23-,24-,25-,26-,27-,30+/m0/s1. The van der Waals surface area contributed by atoms with Crippen LogP contribution in [-0.2, 0) is 68.7 Å². The van der Waals surface area contributed by atoms with Crippen molar-refractivity contribution in [1.29, 1.82) is 0 Å². The summed E-state index contributed by atoms with van der Waals surface area (Å²) in [6.07, 6.45) is -4.95. The summed E-state index contributed by atoms with van der Waals surface area (Å²) in [6, 6.07) is -0.851. The zero-order valence-corrected chi connectivity index (χ0v) is 36.1. The molecule has 26 nitrogen and oxygen atoms in total. The highest BCUT2D eigenvalue weighted by Crippen LogP contribution is 2.13. The lowest BCUT2D eigenvalue weighted by Gasteiger charge is -2.22. The van der Waals surface area contributed by atoms with E-state index in [9.17, 15) is 77.6 Å². The Bertz CT molecular complexity index is 1920. The average molecular weight is 956 g/mol. The fraction of sp³-hybridized carbons (Fsp3) is 0.513. The van der Waals surface area contributed by atoms with E-state index in [1.807, 2.05) is 10.6 Å². The first-order valence-electron chi connectivity index (χ1n) is 20.0. The first-order valence-corrected chi connectivity index (χ1v) is 20.6. The minimum absolute atomic E-state index is 0.0327. The normalized spacial score (nSPS) is 13.8. The van der Waals surface area contributed by atoms with Crippen molar-refractivity contribution in [3.8, 4) is 0 Å². The molecule has 0 fully saturated rings. The predicted molar refractivity (Wildman–Crippen MR) is 225 cm³/mol. The van der Waals surface area contributed by atoms with Crippen molar-refractivity contribution >= 4 is 90.2 Å². The highest BCUT2D eigenvalue weighted by molar-refractivity contribution is 7.80. The van der Waals surface area contributed by atoms with Gasteiger partial charge in [-0.2, -0.15) is 12.6 Å². The van der Waals surface area contributed by atoms with E-state index in [-0.39, 0.29) is 63.6 Å². The van der Waals surface area contributed by atoms with Crippen LogP contribution in [0.25, 0.3) is 0 Å². The lowest BCUT2D eigenvalue weighted by molar-refractivity contribution is -0.149. The van der Waals surface area contributed by atoms with E-state index in [0.29, 0.717) is 5.56 Å². The Morgan fingerprint density at radius 1 is 0.636 bits per heavy atom. The van der Waals surface area contributed by atoms with E-state index in [1.54, 1.807) is 30.3 Å². The summed E-state index contributed by atoms with van der Waals surface area (Å²) in [4.78, 5) is 157. The average Bonchev–Trinajstić information content (AvgIpc) is 3.24. The number of hydrogen-bond acceptors (Lipinski definition) is 16. The van der Waals surface area contributed by atoms with Crippen LogP contribution in [0.15, 0.2) is 30.3 Å². The predicted octanol–water partition coefficient (Wildman–Crippen LogP) is -2.70. The number of aliphatic carboxylic acids is 5. The van der Waals surface area contributed by atoms with Gasteiger partial charge in [-0.15, -0.1) is 0 Å². The number of thiol groups is 1. The van der Waals surface area contributed by atoms with Gasteiger partial charge < -0.3 is 67.9 Å². The zero-order chi connectivity index (χ0) is 49.9. The van der Waals surface area contributed by atoms with Crippen LogP contribution >= 0.6 is 12.6 Å². The van der Waals surface area contributed by atoms with Gasteiger partial charge in [-0.1, -0.05) is 30.3 Å². The molecule has 0 aliphatic carbocycles. The van der Waals surface area contributed by atoms with Gasteiger partial charge in [-0.3, -0.25) is 47.9 Å². The van der Waals surface area contributed by atoms with E-state index in [2.05, 4.69) is 38.6 Å². The Hall–Kier alpha value is -7.16. The summed E-state index contributed by atoms with van der Waals surface area (Å²) in [5, 5.41) is 59.3. The fourth-order valence-electron chi connectivity index (χ4n) is 5.68. The van der Waals surface area contributed by atoms with Crippen molar-refractivity contribution in [3.05, 3.63) is 35.9 Å². The molecule has 0 aromatic heterocycles. The molecule has 0 saturated heterocycles. The molecule has 7 atom stereocenters. The summed E-state index contributed by atoms with van der Waals surface area (Å²) in [5.41, 5.74) is 6.34. The number of amides is 6. The molecular formula is C39H53N7O19S. The van der Waals surface area contributed by atoms with Crippen molar-refractivity contribution in [2.45, 2.75) is 107 Å². The highest BCUT2D eigenvalue weighted by atomic mass is 32.1. The van der Waals surface area contributed by atoms with Crippen LogP contribution in [0.5, 0.6) is 0 Å². The molecule has 0 radical (unpaired) electrons. The Kier molecular flexibility index (Phi) is 25.9. The van der Waals surface area contributed by atoms with Crippen molar-refractivity contribution in [3.63, 3.8) is 0 Å². The third-order valence-corrected chi connectivity index (χ3v) is 9.59. The maximum Gasteiger partial charge on any atom is 0.327 e. The van der Waals surface area contributed by atoms with Gasteiger partial charge in [-0.25, -0.2) is 14.4 Å². The molecular weight excluding hydrogens is 903 g/mol. The van der Waals surface area contributed by atoms with Crippen molar-refractivity contribution < 1.29 is 92.6 Å². The van der Waals surface area contributed by atoms with E-state index in [0.717, 1.165) is 0 Å². The van der Waals surface area contributed by atoms with E-state index in [1.165, 1.54) is 0 Å². The van der Waals surface area contributed by atoms with Crippen molar-refractivity contribution in [1.82, 2.24) is 31.9 Å². The fourth-order valence-corrected chi connectivity index (χ4v) is 5.93. The number of hydrogen-bond donors (Lipinski definition) is 13. The van der Waals surface area contributed by atoms with Crippen molar-refractivity contribution in [2.24, 2.45) is 11.7 Å². The Labute approximate surface area is 380 Å². The number of ether oxygens (including phenoxy) is 1. The maximum atomic E-state index is 13.5. The highest BCUT2D eigenvalue weighted by Gasteiger charge is 2.34. The van der Waals surface area contributed by atoms with E-state index < -0.39 is 139 Å². The Morgan fingerprint density at radius 2 is 1.26 bits per heavy atom. The number of urea groups is 1. The summed E-state index contributed by atoms with van der Waals surface area (Å²) in [7, 11) is 0. The lowest BCUT2D eigenvalue weighted by atomic mass is 9.93. The number of carbonyl (C=O) groups is 13. The molecule has 0 saturated carbocycles. The smallest absolute Gasteiger partial charge is 0.327 e. The third-order valence-electron chi connectivity index (χ3n) is 9.23. The van der Waals surface area contributed by atoms with Gasteiger partial charge in [-0.05, 0) is 31.2 Å². The monoisotopic (exact) mass is 955 g/mol. The SMILES string of the molecule is N[C@@H](CNC(=O)[C@H](CC(=O)[C@H](Cc1ccccc1)NC(=O)CCCCC(=O)CC[C@H](NC(=O)N[C@@H](CCC(=O)O)OC=O)C(=O)O)C(=O)O)C(=O)N[C@@H](CC(=O)O)C(=O)N[C@@H](CS)C(=O)O. The number of Topliss-reactive ketones (excluding diaryl/α,β-unsaturated/α-hetero) is 2. The molecule has 0 aliphatic heterocycles. The van der Waals surface area contributed by atoms with Gasteiger partial charge in [0.05, 0.1) is 18.9 Å². The first kappa shape index (κ1) is 56.9. The minimum Gasteiger partial charge on any atom is -0.481 e. The van der Waals surface area contributed by atoms with E-state index in [4.69, 9.17) is 15.9 Å². The molecule has 0 unspecified atom stereocenters. The first-order chi connectivity index (χ1) is 31.1. The van der Waals surface area contributed by atoms with E-state index >= 15 is 0 Å². The molecule has 0 aliphatic rings. The second-order valence-corrected chi connectivity index (χ2v) is 14.8. The number of carboxylic acid groups (broad SMARTS) is 5. The molecule has 66 heavy (non-hydrogen) atoms. The Balaban J connectivity index is 2.85. The molecule has 27 heteroatoms. The number of unbranched alkanes of at least 4 members (excludes halogenated alkanes) is 1. The lowest BCUT2D eigenvalue weighted by Crippen LogP contribution is -2.57. The molecule has 0 spiro atoms. The third kappa shape index (κ3) is 23.0. The quantitative estimate of drug-likeness (QED) is 0.0110. The van der Waals surface area contributed by atoms with Gasteiger partial charge in [0, 0.05) is 44.4 Å². The molecule has 0 heterocycles. The second kappa shape index (κ2) is 30.1. The zero-order valence-electron chi connectivity index (χ0n) is 35.2. The van der Waals surface area contributed by atoms with Crippen LogP contribution in [0.2, 0.25) is 0 Å². The van der Waals surface area contributed by atoms with Gasteiger partial charge in [0.25, 0.3) is 6.47 Å². The summed E-state index contributed by atoms with van der Waals surface area (Å²) in [6.45, 7) is -0.800. The summed E-state index contributed by atoms with van der Waals surface area (Å²) < 4.78 is 4.58. The van der Waals surface area contributed by atoms with Gasteiger partial charge >= 0.3 is 35.9 Å². The number of carbonyl (C=O) groups excluding carboxylic acids is 8. The van der Waals surface area contributed by atoms with Crippen LogP contribution in [0.3, 0.4) is 0 Å². The number of nitrogens with one attached hydrogen (secondary N) is 6. The number of rotatable bonds is 34. The number of ketones is 2.